The van der Waals surface area contributed by atoms with Crippen molar-refractivity contribution in [3.05, 3.63) is 113 Å². The number of morpholine rings is 6. The molecule has 6 aromatic heterocycles. The first-order valence-electron chi connectivity index (χ1n) is 41.3. The molecule has 30 nitrogen and oxygen atoms in total. The normalized spacial score (nSPS) is 18.4. The number of aryl methyl sites for hydroxylation is 2. The summed E-state index contributed by atoms with van der Waals surface area (Å²) in [6.07, 6.45) is 8.42. The van der Waals surface area contributed by atoms with Crippen LogP contribution in [0.4, 0.5) is 29.1 Å². The standard InChI is InChI=1S/C31H45N9O3.C29H40N8O2.C16H13Cl2N5.C6H14N2O/c1-2-5-25(6-3-1)28-35-30(33-9-12-40-17-23-43-24-18-40)27-31(36-28)37-29(32-8-11-39-15-21-42-22-16-39)26(34-27)7-4-10-38-13-19-41-20-14-38;1-2-7-23(8-3-1)26-32-27(30-10-14-36-17-21-39-22-18-36)25-28(33-26)34-29(37-12-4-5-13-37)24(31-25)9-6-11-35-15-19-38-20-16-35;17-12-11-15(21-14(20-12)10-6-2-1-3-7-10)22-16(13(18)19-11)23-8-4-5-9-23;7-1-2-8-3-5-9-6-4-8/h1-3,5-6H,4,7-24H2,(H2,32,33,35,36,37);1-3,7-8H,4-6,9-22H2,(H,30,32,33,34);1-3,6-7H,4-5,8-9H2;1-7H2. The molecule has 114 heavy (non-hydrogen) atoms. The Morgan fingerprint density at radius 2 is 0.640 bits per heavy atom. The SMILES string of the molecule is Clc1nc2c(Cl)nc(-c3ccccc3)nc2nc1N1CCCC1.NCCN1CCOCC1.c1ccc(-c2nc(NCCN3CCOCC3)c3nc(CCCN4CCOCC4)c(N4CCCC4)nc3n2)cc1.c1ccc(-c2nc(NCCN3CCOCC3)c3nc(CCCN4CCOCC4)c(NCCN4CCOCC4)nc3n2)cc1. The minimum Gasteiger partial charge on any atom is -0.379 e. The van der Waals surface area contributed by atoms with Crippen LogP contribution in [0.3, 0.4) is 0 Å². The van der Waals surface area contributed by atoms with E-state index in [1.807, 2.05) is 91.0 Å². The third kappa shape index (κ3) is 23.9. The van der Waals surface area contributed by atoms with E-state index in [0.29, 0.717) is 50.9 Å². The van der Waals surface area contributed by atoms with Crippen molar-refractivity contribution in [1.29, 1.82) is 0 Å². The van der Waals surface area contributed by atoms with Crippen LogP contribution in [0.15, 0.2) is 91.0 Å². The number of aromatic nitrogens is 12. The van der Waals surface area contributed by atoms with Crippen LogP contribution in [-0.2, 0) is 41.3 Å². The van der Waals surface area contributed by atoms with Gasteiger partial charge in [0.05, 0.1) is 90.7 Å². The van der Waals surface area contributed by atoms with E-state index in [4.69, 9.17) is 97.2 Å². The Morgan fingerprint density at radius 1 is 0.307 bits per heavy atom. The van der Waals surface area contributed by atoms with E-state index in [0.717, 1.165) is 350 Å². The Bertz CT molecular complexity index is 4400. The van der Waals surface area contributed by atoms with Gasteiger partial charge in [-0.15, -0.1) is 0 Å². The molecule has 3 aromatic carbocycles. The number of nitrogens with zero attached hydrogens (tertiary/aromatic N) is 20. The van der Waals surface area contributed by atoms with Crippen molar-refractivity contribution in [3.8, 4) is 34.2 Å². The molecule has 0 atom stereocenters. The molecule has 8 fully saturated rings. The van der Waals surface area contributed by atoms with Crippen molar-refractivity contribution in [2.24, 2.45) is 5.73 Å². The lowest BCUT2D eigenvalue weighted by Gasteiger charge is -2.27. The van der Waals surface area contributed by atoms with Gasteiger partial charge in [0.1, 0.15) is 11.3 Å². The second kappa shape index (κ2) is 43.8. The second-order valence-electron chi connectivity index (χ2n) is 29.5. The third-order valence-corrected chi connectivity index (χ3v) is 22.0. The Morgan fingerprint density at radius 3 is 1.05 bits per heavy atom. The highest BCUT2D eigenvalue weighted by molar-refractivity contribution is 6.35. The summed E-state index contributed by atoms with van der Waals surface area (Å²) in [7, 11) is 0. The van der Waals surface area contributed by atoms with Gasteiger partial charge in [-0.1, -0.05) is 114 Å². The lowest BCUT2D eigenvalue weighted by atomic mass is 10.2. The second-order valence-corrected chi connectivity index (χ2v) is 30.2. The van der Waals surface area contributed by atoms with E-state index >= 15 is 0 Å². The first-order chi connectivity index (χ1) is 56.3. The fourth-order valence-electron chi connectivity index (χ4n) is 15.1. The zero-order valence-electron chi connectivity index (χ0n) is 65.9. The van der Waals surface area contributed by atoms with Crippen molar-refractivity contribution in [1.82, 2.24) is 89.2 Å². The number of hydrogen-bond acceptors (Lipinski definition) is 30. The van der Waals surface area contributed by atoms with Crippen LogP contribution in [0.5, 0.6) is 0 Å². The van der Waals surface area contributed by atoms with E-state index in [1.165, 1.54) is 12.8 Å². The van der Waals surface area contributed by atoms with E-state index in [9.17, 15) is 0 Å². The van der Waals surface area contributed by atoms with E-state index in [-0.39, 0.29) is 5.15 Å². The van der Waals surface area contributed by atoms with Gasteiger partial charge in [-0.25, -0.2) is 59.8 Å². The summed E-state index contributed by atoms with van der Waals surface area (Å²) < 4.78 is 32.8. The molecule has 5 N–H and O–H groups in total. The minimum absolute atomic E-state index is 0.260. The predicted molar refractivity (Wildman–Crippen MR) is 449 cm³/mol. The molecule has 9 aromatic rings. The maximum Gasteiger partial charge on any atom is 0.186 e. The van der Waals surface area contributed by atoms with Crippen LogP contribution in [0.1, 0.15) is 49.9 Å². The number of benzene rings is 3. The van der Waals surface area contributed by atoms with Gasteiger partial charge in [-0.2, -0.15) is 0 Å². The van der Waals surface area contributed by atoms with E-state index in [2.05, 4.69) is 75.1 Å². The van der Waals surface area contributed by atoms with Gasteiger partial charge in [0, 0.05) is 174 Å². The first-order valence-corrected chi connectivity index (χ1v) is 42.0. The van der Waals surface area contributed by atoms with Crippen LogP contribution in [-0.4, -0.2) is 339 Å². The highest BCUT2D eigenvalue weighted by Crippen LogP contribution is 2.33. The number of halogens is 2. The number of anilines is 5. The largest absolute Gasteiger partial charge is 0.379 e. The molecule has 14 heterocycles. The van der Waals surface area contributed by atoms with Crippen molar-refractivity contribution in [3.63, 3.8) is 0 Å². The Labute approximate surface area is 679 Å². The maximum absolute atomic E-state index is 6.28. The number of nitrogens with one attached hydrogen (secondary N) is 3. The summed E-state index contributed by atoms with van der Waals surface area (Å²) >= 11 is 12.6. The number of ether oxygens (including phenoxy) is 6. The smallest absolute Gasteiger partial charge is 0.186 e. The molecule has 0 bridgehead atoms. The molecule has 0 saturated carbocycles. The molecule has 0 aliphatic carbocycles. The molecule has 0 unspecified atom stereocenters. The summed E-state index contributed by atoms with van der Waals surface area (Å²) in [5, 5.41) is 11.4. The van der Waals surface area contributed by atoms with Crippen molar-refractivity contribution >= 4 is 85.8 Å². The minimum atomic E-state index is 0.260. The number of nitrogens with two attached hydrogens (primary N) is 1. The fraction of sp³-hybridized carbons (Fsp3) is 0.561. The van der Waals surface area contributed by atoms with E-state index in [1.54, 1.807) is 0 Å². The fourth-order valence-corrected chi connectivity index (χ4v) is 15.6. The molecule has 8 saturated heterocycles. The zero-order chi connectivity index (χ0) is 77.7. The van der Waals surface area contributed by atoms with Crippen molar-refractivity contribution in [2.45, 2.75) is 51.4 Å². The lowest BCUT2D eigenvalue weighted by molar-refractivity contribution is 0.0374. The van der Waals surface area contributed by atoms with Crippen LogP contribution in [0.2, 0.25) is 10.3 Å². The molecule has 8 aliphatic rings. The van der Waals surface area contributed by atoms with E-state index < -0.39 is 0 Å². The average Bonchev–Trinajstić information content (AvgIpc) is 1.04. The highest BCUT2D eigenvalue weighted by atomic mass is 35.5. The van der Waals surface area contributed by atoms with Gasteiger partial charge in [-0.3, -0.25) is 29.4 Å². The van der Waals surface area contributed by atoms with Crippen LogP contribution in [0, 0.1) is 0 Å². The van der Waals surface area contributed by atoms with Crippen LogP contribution >= 0.6 is 23.2 Å². The first kappa shape index (κ1) is 82.5. The Hall–Kier alpha value is -8.02. The lowest BCUT2D eigenvalue weighted by Crippen LogP contribution is -2.39. The summed E-state index contributed by atoms with van der Waals surface area (Å²) in [4.78, 5) is 77.4. The monoisotopic (exact) mass is 1600 g/mol. The summed E-state index contributed by atoms with van der Waals surface area (Å²) in [6.45, 7) is 34.5. The van der Waals surface area contributed by atoms with Crippen molar-refractivity contribution < 1.29 is 28.4 Å². The van der Waals surface area contributed by atoms with Crippen LogP contribution in [0.25, 0.3) is 67.7 Å². The van der Waals surface area contributed by atoms with Gasteiger partial charge in [0.15, 0.2) is 79.0 Å². The summed E-state index contributed by atoms with van der Waals surface area (Å²) in [5.74, 6) is 5.85. The molecular formula is C82H112Cl2N24O6. The number of hydrogen-bond donors (Lipinski definition) is 4. The molecule has 8 aliphatic heterocycles. The molecular weight excluding hydrogens is 1490 g/mol. The molecule has 17 rings (SSSR count). The van der Waals surface area contributed by atoms with Gasteiger partial charge in [-0.05, 0) is 64.5 Å². The molecule has 610 valence electrons. The predicted octanol–water partition coefficient (Wildman–Crippen LogP) is 7.81. The summed E-state index contributed by atoms with van der Waals surface area (Å²) in [6, 6.07) is 29.9. The van der Waals surface area contributed by atoms with Crippen LogP contribution < -0.4 is 31.5 Å². The quantitative estimate of drug-likeness (QED) is 0.0357. The molecule has 32 heteroatoms. The average molecular weight is 1600 g/mol. The third-order valence-electron chi connectivity index (χ3n) is 21.5. The highest BCUT2D eigenvalue weighted by Gasteiger charge is 2.27. The molecule has 0 amide bonds. The van der Waals surface area contributed by atoms with Crippen molar-refractivity contribution in [2.75, 3.05) is 275 Å². The molecule has 0 spiro atoms. The topological polar surface area (TPSA) is 298 Å². The number of fused-ring (bicyclic) bond motifs is 3. The van der Waals surface area contributed by atoms with Gasteiger partial charge >= 0.3 is 0 Å². The number of rotatable bonds is 27. The maximum atomic E-state index is 6.28. The molecule has 0 radical (unpaired) electrons. The van der Waals surface area contributed by atoms with Gasteiger partial charge in [0.2, 0.25) is 0 Å². The Balaban J connectivity index is 0.000000138. The van der Waals surface area contributed by atoms with Gasteiger partial charge in [0.25, 0.3) is 0 Å². The Kier molecular flexibility index (Phi) is 31.7. The van der Waals surface area contributed by atoms with Gasteiger partial charge < -0.3 is 59.9 Å². The summed E-state index contributed by atoms with van der Waals surface area (Å²) in [5.41, 5.74) is 13.9. The zero-order valence-corrected chi connectivity index (χ0v) is 67.4.